The van der Waals surface area contributed by atoms with E-state index in [0.29, 0.717) is 24.5 Å². The molecule has 7 nitrogen and oxygen atoms in total. The minimum atomic E-state index is -0.471. The number of aromatic nitrogens is 1. The van der Waals surface area contributed by atoms with Crippen molar-refractivity contribution in [2.75, 3.05) is 23.3 Å². The minimum Gasteiger partial charge on any atom is -0.354 e. The predicted molar refractivity (Wildman–Crippen MR) is 96.2 cm³/mol. The summed E-state index contributed by atoms with van der Waals surface area (Å²) < 4.78 is 1.73. The highest BCUT2D eigenvalue weighted by atomic mass is 16.2. The third-order valence-electron chi connectivity index (χ3n) is 4.22. The minimum absolute atomic E-state index is 0.0780. The first-order valence-electron chi connectivity index (χ1n) is 8.10. The van der Waals surface area contributed by atoms with Gasteiger partial charge in [0.05, 0.1) is 0 Å². The Morgan fingerprint density at radius 1 is 1.24 bits per heavy atom. The van der Waals surface area contributed by atoms with Crippen LogP contribution in [0.25, 0.3) is 0 Å². The molecule has 0 radical (unpaired) electrons. The summed E-state index contributed by atoms with van der Waals surface area (Å²) in [7, 11) is 1.78. The normalized spacial score (nSPS) is 14.2. The summed E-state index contributed by atoms with van der Waals surface area (Å²) in [4.78, 5) is 38.1. The summed E-state index contributed by atoms with van der Waals surface area (Å²) in [5.41, 5.74) is 1.77. The Morgan fingerprint density at radius 2 is 2.04 bits per heavy atom. The van der Waals surface area contributed by atoms with E-state index in [9.17, 15) is 14.4 Å². The number of amides is 3. The fourth-order valence-corrected chi connectivity index (χ4v) is 2.72. The molecule has 3 rings (SSSR count). The highest BCUT2D eigenvalue weighted by Crippen LogP contribution is 2.21. The van der Waals surface area contributed by atoms with Crippen LogP contribution in [0.4, 0.5) is 16.2 Å². The first kappa shape index (κ1) is 16.8. The first-order chi connectivity index (χ1) is 12.0. The second-order valence-electron chi connectivity index (χ2n) is 6.05. The van der Waals surface area contributed by atoms with Crippen LogP contribution >= 0.6 is 0 Å². The van der Waals surface area contributed by atoms with Crippen LogP contribution in [0.3, 0.4) is 0 Å². The molecule has 0 atom stereocenters. The average molecular weight is 340 g/mol. The summed E-state index contributed by atoms with van der Waals surface area (Å²) >= 11 is 0. The summed E-state index contributed by atoms with van der Waals surface area (Å²) in [6, 6.07) is 8.31. The van der Waals surface area contributed by atoms with Crippen molar-refractivity contribution < 1.29 is 9.59 Å². The zero-order valence-corrected chi connectivity index (χ0v) is 14.2. The van der Waals surface area contributed by atoms with Crippen molar-refractivity contribution in [3.05, 3.63) is 58.0 Å². The molecular weight excluding hydrogens is 320 g/mol. The van der Waals surface area contributed by atoms with Gasteiger partial charge < -0.3 is 15.2 Å². The third kappa shape index (κ3) is 3.55. The number of hydrogen-bond acceptors (Lipinski definition) is 3. The second-order valence-corrected chi connectivity index (χ2v) is 6.05. The van der Waals surface area contributed by atoms with Gasteiger partial charge in [-0.25, -0.2) is 4.79 Å². The largest absolute Gasteiger partial charge is 0.354 e. The van der Waals surface area contributed by atoms with E-state index in [0.717, 1.165) is 12.1 Å². The molecule has 130 valence electrons. The van der Waals surface area contributed by atoms with Crippen LogP contribution in [0.15, 0.2) is 41.3 Å². The number of urea groups is 1. The van der Waals surface area contributed by atoms with Crippen LogP contribution in [-0.2, 0) is 7.05 Å². The van der Waals surface area contributed by atoms with Crippen molar-refractivity contribution in [2.45, 2.75) is 13.3 Å². The monoisotopic (exact) mass is 340 g/mol. The Hall–Kier alpha value is -3.09. The van der Waals surface area contributed by atoms with E-state index in [2.05, 4.69) is 10.6 Å². The maximum absolute atomic E-state index is 12.4. The molecule has 0 saturated carbocycles. The molecule has 0 aliphatic carbocycles. The maximum atomic E-state index is 12.4. The van der Waals surface area contributed by atoms with Gasteiger partial charge in [0.2, 0.25) is 0 Å². The van der Waals surface area contributed by atoms with E-state index in [1.165, 1.54) is 12.3 Å². The highest BCUT2D eigenvalue weighted by molar-refractivity contribution is 6.04. The quantitative estimate of drug-likeness (QED) is 0.895. The second kappa shape index (κ2) is 6.80. The highest BCUT2D eigenvalue weighted by Gasteiger charge is 2.19. The molecule has 2 N–H and O–H groups in total. The molecule has 0 bridgehead atoms. The van der Waals surface area contributed by atoms with Crippen molar-refractivity contribution >= 4 is 23.3 Å². The van der Waals surface area contributed by atoms with Crippen LogP contribution in [-0.4, -0.2) is 29.6 Å². The molecule has 1 saturated heterocycles. The van der Waals surface area contributed by atoms with E-state index in [-0.39, 0.29) is 17.0 Å². The number of hydrogen-bond donors (Lipinski definition) is 2. The molecule has 1 fully saturated rings. The van der Waals surface area contributed by atoms with Crippen molar-refractivity contribution in [3.8, 4) is 0 Å². The summed E-state index contributed by atoms with van der Waals surface area (Å²) in [6.07, 6.45) is 2.39. The summed E-state index contributed by atoms with van der Waals surface area (Å²) in [6.45, 7) is 3.10. The summed E-state index contributed by atoms with van der Waals surface area (Å²) in [5.74, 6) is -0.471. The van der Waals surface area contributed by atoms with Gasteiger partial charge in [-0.15, -0.1) is 0 Å². The van der Waals surface area contributed by atoms with Gasteiger partial charge in [0.15, 0.2) is 5.43 Å². The lowest BCUT2D eigenvalue weighted by Crippen LogP contribution is -2.46. The number of anilines is 2. The Kier molecular flexibility index (Phi) is 4.56. The van der Waals surface area contributed by atoms with Crippen molar-refractivity contribution in [1.82, 2.24) is 9.88 Å². The maximum Gasteiger partial charge on any atom is 0.321 e. The molecule has 1 aliphatic rings. The molecule has 1 aromatic carbocycles. The van der Waals surface area contributed by atoms with Gasteiger partial charge in [-0.3, -0.25) is 14.5 Å². The molecular formula is C18H20N4O3. The topological polar surface area (TPSA) is 83.4 Å². The lowest BCUT2D eigenvalue weighted by Gasteiger charge is -2.27. The standard InChI is InChI=1S/C18H20N4O3/c1-12-9-16(23)15(11-21(12)2)17(24)20-13-5-3-6-14(10-13)22-8-4-7-19-18(22)25/h3,5-6,9-11H,4,7-8H2,1-2H3,(H,19,25)(H,20,24). The van der Waals surface area contributed by atoms with E-state index in [4.69, 9.17) is 0 Å². The first-order valence-corrected chi connectivity index (χ1v) is 8.10. The molecule has 0 spiro atoms. The average Bonchev–Trinajstić information content (AvgIpc) is 2.58. The lowest BCUT2D eigenvalue weighted by atomic mass is 10.2. The van der Waals surface area contributed by atoms with Crippen molar-refractivity contribution in [2.24, 2.45) is 7.05 Å². The van der Waals surface area contributed by atoms with Crippen LogP contribution in [0.1, 0.15) is 22.5 Å². The van der Waals surface area contributed by atoms with Gasteiger partial charge in [0, 0.05) is 49.5 Å². The SMILES string of the molecule is Cc1cc(=O)c(C(=O)Nc2cccc(N3CCCNC3=O)c2)cn1C. The molecule has 1 aromatic heterocycles. The smallest absolute Gasteiger partial charge is 0.321 e. The zero-order valence-electron chi connectivity index (χ0n) is 14.2. The van der Waals surface area contributed by atoms with E-state index in [1.54, 1.807) is 41.6 Å². The van der Waals surface area contributed by atoms with E-state index < -0.39 is 5.91 Å². The molecule has 2 heterocycles. The Balaban J connectivity index is 1.83. The number of aryl methyl sites for hydroxylation is 2. The third-order valence-corrected chi connectivity index (χ3v) is 4.22. The van der Waals surface area contributed by atoms with Crippen molar-refractivity contribution in [1.29, 1.82) is 0 Å². The Morgan fingerprint density at radius 3 is 2.80 bits per heavy atom. The number of rotatable bonds is 3. The fourth-order valence-electron chi connectivity index (χ4n) is 2.72. The van der Waals surface area contributed by atoms with Gasteiger partial charge in [0.1, 0.15) is 5.56 Å². The molecule has 7 heteroatoms. The van der Waals surface area contributed by atoms with Gasteiger partial charge >= 0.3 is 6.03 Å². The number of benzene rings is 1. The van der Waals surface area contributed by atoms with Gasteiger partial charge in [-0.2, -0.15) is 0 Å². The van der Waals surface area contributed by atoms with Gasteiger partial charge in [-0.05, 0) is 31.5 Å². The number of nitrogens with one attached hydrogen (secondary N) is 2. The Labute approximate surface area is 145 Å². The van der Waals surface area contributed by atoms with Crippen LogP contribution in [0.5, 0.6) is 0 Å². The lowest BCUT2D eigenvalue weighted by molar-refractivity contribution is 0.102. The zero-order chi connectivity index (χ0) is 18.0. The van der Waals surface area contributed by atoms with Gasteiger partial charge in [-0.1, -0.05) is 6.07 Å². The molecule has 2 aromatic rings. The number of carbonyl (C=O) groups excluding carboxylic acids is 2. The molecule has 3 amide bonds. The van der Waals surface area contributed by atoms with Crippen molar-refractivity contribution in [3.63, 3.8) is 0 Å². The van der Waals surface area contributed by atoms with Crippen LogP contribution < -0.4 is 21.0 Å². The number of nitrogens with zero attached hydrogens (tertiary/aromatic N) is 2. The fraction of sp³-hybridized carbons (Fsp3) is 0.278. The molecule has 0 unspecified atom stereocenters. The van der Waals surface area contributed by atoms with Crippen LogP contribution in [0, 0.1) is 6.92 Å². The van der Waals surface area contributed by atoms with E-state index >= 15 is 0 Å². The Bertz CT molecular complexity index is 888. The molecule has 25 heavy (non-hydrogen) atoms. The molecule has 1 aliphatic heterocycles. The predicted octanol–water partition coefficient (Wildman–Crippen LogP) is 1.87. The van der Waals surface area contributed by atoms with Crippen LogP contribution in [0.2, 0.25) is 0 Å². The van der Waals surface area contributed by atoms with Gasteiger partial charge in [0.25, 0.3) is 5.91 Å². The summed E-state index contributed by atoms with van der Waals surface area (Å²) in [5, 5.41) is 5.52. The van der Waals surface area contributed by atoms with E-state index in [1.807, 2.05) is 6.07 Å². The number of pyridine rings is 1. The number of carbonyl (C=O) groups is 2.